The molecular formula is C19H16F4N4O2. The third-order valence-corrected chi connectivity index (χ3v) is 5.22. The van der Waals surface area contributed by atoms with Gasteiger partial charge in [-0.15, -0.1) is 0 Å². The molecule has 2 N–H and O–H groups in total. The molecule has 6 nitrogen and oxygen atoms in total. The van der Waals surface area contributed by atoms with Crippen LogP contribution >= 0.6 is 0 Å². The quantitative estimate of drug-likeness (QED) is 0.638. The molecule has 3 aromatic rings. The summed E-state index contributed by atoms with van der Waals surface area (Å²) in [5.41, 5.74) is -1.52. The van der Waals surface area contributed by atoms with Gasteiger partial charge in [-0.2, -0.15) is 13.2 Å². The Hall–Kier alpha value is -3.17. The van der Waals surface area contributed by atoms with Gasteiger partial charge in [-0.25, -0.2) is 9.37 Å². The number of piperidine rings is 1. The lowest BCUT2D eigenvalue weighted by Crippen LogP contribution is -2.40. The summed E-state index contributed by atoms with van der Waals surface area (Å²) in [7, 11) is 0. The molecule has 0 bridgehead atoms. The van der Waals surface area contributed by atoms with E-state index in [2.05, 4.69) is 9.97 Å². The van der Waals surface area contributed by atoms with Crippen molar-refractivity contribution in [3.8, 4) is 0 Å². The number of aromatic amines is 2. The Balaban J connectivity index is 1.51. The highest BCUT2D eigenvalue weighted by Gasteiger charge is 2.33. The molecule has 0 spiro atoms. The van der Waals surface area contributed by atoms with Crippen molar-refractivity contribution in [3.05, 3.63) is 63.6 Å². The van der Waals surface area contributed by atoms with Crippen LogP contribution < -0.4 is 5.56 Å². The first-order chi connectivity index (χ1) is 13.8. The molecule has 3 aromatic heterocycles. The Kier molecular flexibility index (Phi) is 4.64. The number of H-pyrrole nitrogens is 2. The van der Waals surface area contributed by atoms with Gasteiger partial charge in [0.25, 0.3) is 11.5 Å². The van der Waals surface area contributed by atoms with Crippen LogP contribution in [0.5, 0.6) is 0 Å². The molecule has 1 amide bonds. The number of aromatic nitrogens is 3. The van der Waals surface area contributed by atoms with Gasteiger partial charge < -0.3 is 14.9 Å². The van der Waals surface area contributed by atoms with Crippen LogP contribution in [0, 0.1) is 5.82 Å². The molecule has 1 saturated heterocycles. The van der Waals surface area contributed by atoms with Crippen LogP contribution in [0.25, 0.3) is 11.0 Å². The maximum absolute atomic E-state index is 14.4. The second-order valence-electron chi connectivity index (χ2n) is 6.94. The Morgan fingerprint density at radius 3 is 2.55 bits per heavy atom. The van der Waals surface area contributed by atoms with Crippen molar-refractivity contribution in [2.45, 2.75) is 24.9 Å². The van der Waals surface area contributed by atoms with E-state index in [1.165, 1.54) is 4.90 Å². The molecule has 4 rings (SSSR count). The second-order valence-corrected chi connectivity index (χ2v) is 6.94. The first kappa shape index (κ1) is 19.2. The van der Waals surface area contributed by atoms with Crippen molar-refractivity contribution in [2.24, 2.45) is 0 Å². The highest BCUT2D eigenvalue weighted by molar-refractivity contribution is 5.94. The Morgan fingerprint density at radius 2 is 1.90 bits per heavy atom. The molecule has 152 valence electrons. The van der Waals surface area contributed by atoms with Crippen LogP contribution in [-0.2, 0) is 6.18 Å². The zero-order valence-corrected chi connectivity index (χ0v) is 15.0. The summed E-state index contributed by atoms with van der Waals surface area (Å²) in [6.07, 6.45) is -0.933. The number of likely N-dealkylation sites (tertiary alicyclic amines) is 1. The normalized spacial score (nSPS) is 15.8. The van der Waals surface area contributed by atoms with Gasteiger partial charge >= 0.3 is 6.18 Å². The van der Waals surface area contributed by atoms with Gasteiger partial charge in [-0.3, -0.25) is 9.59 Å². The summed E-state index contributed by atoms with van der Waals surface area (Å²) in [6, 6.07) is 3.32. The van der Waals surface area contributed by atoms with Gasteiger partial charge in [-0.1, -0.05) is 0 Å². The standard InChI is InChI=1S/C19H16F4N4O2/c20-13-9-25-16-11(3-6-24-16)15(13)10-4-7-27(8-5-10)18(29)12-1-2-14(19(21,22)23)26-17(12)28/h1-3,6,9-10H,4-5,7-8H2,(H,24,25)(H,26,28). The molecule has 10 heteroatoms. The molecule has 1 fully saturated rings. The number of halogens is 4. The average Bonchev–Trinajstić information content (AvgIpc) is 3.15. The van der Waals surface area contributed by atoms with Crippen LogP contribution in [0.2, 0.25) is 0 Å². The first-order valence-electron chi connectivity index (χ1n) is 8.97. The molecule has 0 atom stereocenters. The number of fused-ring (bicyclic) bond motifs is 1. The molecule has 1 aliphatic rings. The predicted octanol–water partition coefficient (Wildman–Crippen LogP) is 3.43. The van der Waals surface area contributed by atoms with Crippen LogP contribution in [0.4, 0.5) is 17.6 Å². The predicted molar refractivity (Wildman–Crippen MR) is 96.0 cm³/mol. The fraction of sp³-hybridized carbons (Fsp3) is 0.316. The smallest absolute Gasteiger partial charge is 0.346 e. The summed E-state index contributed by atoms with van der Waals surface area (Å²) in [4.78, 5) is 34.6. The minimum absolute atomic E-state index is 0.133. The van der Waals surface area contributed by atoms with Crippen molar-refractivity contribution in [1.29, 1.82) is 0 Å². The van der Waals surface area contributed by atoms with Gasteiger partial charge in [0.1, 0.15) is 22.7 Å². The summed E-state index contributed by atoms with van der Waals surface area (Å²) in [5.74, 6) is -1.19. The highest BCUT2D eigenvalue weighted by Crippen LogP contribution is 2.34. The number of amides is 1. The lowest BCUT2D eigenvalue weighted by molar-refractivity contribution is -0.141. The maximum atomic E-state index is 14.4. The monoisotopic (exact) mass is 408 g/mol. The van der Waals surface area contributed by atoms with Gasteiger partial charge in [0.2, 0.25) is 0 Å². The van der Waals surface area contributed by atoms with Crippen molar-refractivity contribution in [3.63, 3.8) is 0 Å². The Labute approximate surface area is 161 Å². The van der Waals surface area contributed by atoms with Gasteiger partial charge in [-0.05, 0) is 37.0 Å². The molecule has 0 radical (unpaired) electrons. The number of hydrogen-bond acceptors (Lipinski definition) is 3. The van der Waals surface area contributed by atoms with Gasteiger partial charge in [0, 0.05) is 30.2 Å². The van der Waals surface area contributed by atoms with Gasteiger partial charge in [0.05, 0.1) is 6.20 Å². The zero-order valence-electron chi connectivity index (χ0n) is 15.0. The third-order valence-electron chi connectivity index (χ3n) is 5.22. The Bertz CT molecular complexity index is 1130. The highest BCUT2D eigenvalue weighted by atomic mass is 19.4. The lowest BCUT2D eigenvalue weighted by atomic mass is 9.87. The maximum Gasteiger partial charge on any atom is 0.431 e. The van der Waals surface area contributed by atoms with E-state index in [4.69, 9.17) is 0 Å². The van der Waals surface area contributed by atoms with E-state index < -0.39 is 29.2 Å². The Morgan fingerprint density at radius 1 is 1.17 bits per heavy atom. The minimum Gasteiger partial charge on any atom is -0.346 e. The molecule has 29 heavy (non-hydrogen) atoms. The first-order valence-corrected chi connectivity index (χ1v) is 8.97. The van der Waals surface area contributed by atoms with Crippen LogP contribution in [0.1, 0.15) is 40.4 Å². The van der Waals surface area contributed by atoms with E-state index in [9.17, 15) is 27.2 Å². The minimum atomic E-state index is -4.70. The van der Waals surface area contributed by atoms with E-state index in [1.807, 2.05) is 0 Å². The largest absolute Gasteiger partial charge is 0.431 e. The third kappa shape index (κ3) is 3.50. The number of pyridine rings is 2. The zero-order chi connectivity index (χ0) is 20.8. The molecule has 4 heterocycles. The van der Waals surface area contributed by atoms with Crippen molar-refractivity contribution >= 4 is 16.9 Å². The number of nitrogens with zero attached hydrogens (tertiary/aromatic N) is 2. The number of hydrogen-bond donors (Lipinski definition) is 2. The second kappa shape index (κ2) is 7.02. The molecule has 0 saturated carbocycles. The molecule has 0 aliphatic carbocycles. The molecule has 1 aliphatic heterocycles. The van der Waals surface area contributed by atoms with E-state index >= 15 is 0 Å². The average molecular weight is 408 g/mol. The van der Waals surface area contributed by atoms with Crippen molar-refractivity contribution < 1.29 is 22.4 Å². The molecule has 0 unspecified atom stereocenters. The molecule has 0 aromatic carbocycles. The SMILES string of the molecule is O=C(c1ccc(C(F)(F)F)[nH]c1=O)N1CCC(c2c(F)cnc3[nH]ccc23)CC1. The number of carbonyl (C=O) groups excluding carboxylic acids is 1. The fourth-order valence-corrected chi connectivity index (χ4v) is 3.77. The number of rotatable bonds is 2. The number of nitrogens with one attached hydrogen (secondary N) is 2. The summed E-state index contributed by atoms with van der Waals surface area (Å²) in [6.45, 7) is 0.523. The van der Waals surface area contributed by atoms with Crippen molar-refractivity contribution in [2.75, 3.05) is 13.1 Å². The van der Waals surface area contributed by atoms with E-state index in [0.29, 0.717) is 35.5 Å². The van der Waals surface area contributed by atoms with E-state index in [-0.39, 0.29) is 24.6 Å². The fourth-order valence-electron chi connectivity index (χ4n) is 3.77. The van der Waals surface area contributed by atoms with Crippen molar-refractivity contribution in [1.82, 2.24) is 19.9 Å². The topological polar surface area (TPSA) is 81.8 Å². The van der Waals surface area contributed by atoms with E-state index in [1.54, 1.807) is 17.2 Å². The van der Waals surface area contributed by atoms with Crippen LogP contribution in [-0.4, -0.2) is 38.8 Å². The van der Waals surface area contributed by atoms with E-state index in [0.717, 1.165) is 12.3 Å². The summed E-state index contributed by atoms with van der Waals surface area (Å²) < 4.78 is 52.4. The lowest BCUT2D eigenvalue weighted by Gasteiger charge is -2.32. The van der Waals surface area contributed by atoms with Gasteiger partial charge in [0.15, 0.2) is 0 Å². The number of alkyl halides is 3. The van der Waals surface area contributed by atoms with Crippen LogP contribution in [0.3, 0.4) is 0 Å². The summed E-state index contributed by atoms with van der Waals surface area (Å²) >= 11 is 0. The molecular weight excluding hydrogens is 392 g/mol. The number of carbonyl (C=O) groups is 1. The van der Waals surface area contributed by atoms with Crippen LogP contribution in [0.15, 0.2) is 35.4 Å². The summed E-state index contributed by atoms with van der Waals surface area (Å²) in [5, 5.41) is 0.689.